The first kappa shape index (κ1) is 14.0. The molecule has 1 heterocycles. The Bertz CT molecular complexity index is 417. The quantitative estimate of drug-likeness (QED) is 0.824. The van der Waals surface area contributed by atoms with Crippen LogP contribution in [-0.4, -0.2) is 49.6 Å². The van der Waals surface area contributed by atoms with Gasteiger partial charge in [-0.25, -0.2) is 0 Å². The molecule has 1 atom stereocenters. The molecule has 0 aliphatic carbocycles. The van der Waals surface area contributed by atoms with Gasteiger partial charge >= 0.3 is 0 Å². The number of Topliss-reactive ketones (excluding diaryl/α,β-unsaturated/α-hetero) is 1. The molecule has 0 radical (unpaired) electrons. The molecular formula is C15H22N2O2. The third-order valence-electron chi connectivity index (χ3n) is 3.50. The number of hydrogen-bond donors (Lipinski definition) is 1. The van der Waals surface area contributed by atoms with E-state index in [1.165, 1.54) is 0 Å². The summed E-state index contributed by atoms with van der Waals surface area (Å²) in [6.07, 6.45) is 0.237. The average Bonchev–Trinajstić information content (AvgIpc) is 2.46. The van der Waals surface area contributed by atoms with E-state index in [2.05, 4.69) is 17.1 Å². The van der Waals surface area contributed by atoms with Crippen LogP contribution in [0.4, 0.5) is 5.69 Å². The number of carbonyl (C=O) groups is 1. The molecule has 1 aromatic rings. The lowest BCUT2D eigenvalue weighted by atomic mass is 10.1. The third kappa shape index (κ3) is 4.04. The Morgan fingerprint density at radius 1 is 1.42 bits per heavy atom. The summed E-state index contributed by atoms with van der Waals surface area (Å²) in [7, 11) is 0. The number of nitrogens with zero attached hydrogens (tertiary/aromatic N) is 1. The maximum atomic E-state index is 11.2. The number of morpholine rings is 1. The van der Waals surface area contributed by atoms with Gasteiger partial charge in [0.05, 0.1) is 12.7 Å². The van der Waals surface area contributed by atoms with E-state index < -0.39 is 0 Å². The number of ether oxygens (including phenoxy) is 1. The Labute approximate surface area is 114 Å². The van der Waals surface area contributed by atoms with Gasteiger partial charge in [-0.2, -0.15) is 0 Å². The Morgan fingerprint density at radius 3 is 2.79 bits per heavy atom. The van der Waals surface area contributed by atoms with Crippen LogP contribution in [0.3, 0.4) is 0 Å². The summed E-state index contributed by atoms with van der Waals surface area (Å²) >= 11 is 0. The van der Waals surface area contributed by atoms with Crippen molar-refractivity contribution in [3.8, 4) is 0 Å². The highest BCUT2D eigenvalue weighted by Gasteiger charge is 2.18. The molecule has 19 heavy (non-hydrogen) atoms. The SMILES string of the molecule is CCN1CCOC(CNc2ccc(C(C)=O)cc2)C1. The molecule has 1 unspecified atom stereocenters. The lowest BCUT2D eigenvalue weighted by Gasteiger charge is -2.32. The topological polar surface area (TPSA) is 41.6 Å². The highest BCUT2D eigenvalue weighted by atomic mass is 16.5. The predicted molar refractivity (Wildman–Crippen MR) is 76.8 cm³/mol. The molecule has 0 bridgehead atoms. The molecule has 4 heteroatoms. The van der Waals surface area contributed by atoms with E-state index >= 15 is 0 Å². The summed E-state index contributed by atoms with van der Waals surface area (Å²) in [6.45, 7) is 8.45. The normalized spacial score (nSPS) is 20.2. The standard InChI is InChI=1S/C15H22N2O2/c1-3-17-8-9-19-15(11-17)10-16-14-6-4-13(5-7-14)12(2)18/h4-7,15-16H,3,8-11H2,1-2H3. The molecule has 1 N–H and O–H groups in total. The van der Waals surface area contributed by atoms with E-state index in [1.54, 1.807) is 6.92 Å². The van der Waals surface area contributed by atoms with Gasteiger partial charge in [0.25, 0.3) is 0 Å². The van der Waals surface area contributed by atoms with Gasteiger partial charge in [0, 0.05) is 30.9 Å². The Balaban J connectivity index is 1.83. The summed E-state index contributed by atoms with van der Waals surface area (Å²) in [4.78, 5) is 13.6. The molecular weight excluding hydrogens is 240 g/mol. The molecule has 1 aliphatic rings. The fraction of sp³-hybridized carbons (Fsp3) is 0.533. The monoisotopic (exact) mass is 262 g/mol. The zero-order valence-electron chi connectivity index (χ0n) is 11.7. The molecule has 0 aromatic heterocycles. The number of ketones is 1. The number of nitrogens with one attached hydrogen (secondary N) is 1. The largest absolute Gasteiger partial charge is 0.382 e. The van der Waals surface area contributed by atoms with Gasteiger partial charge in [0.15, 0.2) is 5.78 Å². The van der Waals surface area contributed by atoms with Crippen LogP contribution < -0.4 is 5.32 Å². The Hall–Kier alpha value is -1.39. The van der Waals surface area contributed by atoms with E-state index in [0.717, 1.165) is 44.0 Å². The minimum absolute atomic E-state index is 0.0979. The second-order valence-electron chi connectivity index (χ2n) is 4.90. The van der Waals surface area contributed by atoms with Crippen LogP contribution in [0.2, 0.25) is 0 Å². The van der Waals surface area contributed by atoms with Crippen LogP contribution in [0.5, 0.6) is 0 Å². The van der Waals surface area contributed by atoms with Crippen LogP contribution in [-0.2, 0) is 4.74 Å². The Kier molecular flexibility index (Phi) is 4.93. The fourth-order valence-electron chi connectivity index (χ4n) is 2.25. The number of anilines is 1. The third-order valence-corrected chi connectivity index (χ3v) is 3.50. The van der Waals surface area contributed by atoms with E-state index in [0.29, 0.717) is 0 Å². The molecule has 2 rings (SSSR count). The molecule has 104 valence electrons. The second kappa shape index (κ2) is 6.68. The van der Waals surface area contributed by atoms with Gasteiger partial charge in [0.1, 0.15) is 0 Å². The van der Waals surface area contributed by atoms with Gasteiger partial charge in [-0.3, -0.25) is 9.69 Å². The summed E-state index contributed by atoms with van der Waals surface area (Å²) in [5.41, 5.74) is 1.78. The number of rotatable bonds is 5. The predicted octanol–water partition coefficient (Wildman–Crippen LogP) is 2.02. The number of benzene rings is 1. The van der Waals surface area contributed by atoms with Crippen molar-refractivity contribution in [2.75, 3.05) is 38.1 Å². The smallest absolute Gasteiger partial charge is 0.159 e. The maximum absolute atomic E-state index is 11.2. The van der Waals surface area contributed by atoms with Crippen molar-refractivity contribution in [1.82, 2.24) is 4.90 Å². The first-order valence-electron chi connectivity index (χ1n) is 6.88. The minimum atomic E-state index is 0.0979. The van der Waals surface area contributed by atoms with Gasteiger partial charge in [0.2, 0.25) is 0 Å². The minimum Gasteiger partial charge on any atom is -0.382 e. The van der Waals surface area contributed by atoms with E-state index in [9.17, 15) is 4.79 Å². The first-order chi connectivity index (χ1) is 9.19. The Morgan fingerprint density at radius 2 is 2.16 bits per heavy atom. The first-order valence-corrected chi connectivity index (χ1v) is 6.88. The van der Waals surface area contributed by atoms with E-state index in [4.69, 9.17) is 4.74 Å². The van der Waals surface area contributed by atoms with Crippen LogP contribution >= 0.6 is 0 Å². The molecule has 1 fully saturated rings. The molecule has 4 nitrogen and oxygen atoms in total. The molecule has 0 amide bonds. The number of carbonyl (C=O) groups excluding carboxylic acids is 1. The van der Waals surface area contributed by atoms with Crippen molar-refractivity contribution in [3.63, 3.8) is 0 Å². The fourth-order valence-corrected chi connectivity index (χ4v) is 2.25. The molecule has 1 saturated heterocycles. The van der Waals surface area contributed by atoms with Crippen LogP contribution in [0.15, 0.2) is 24.3 Å². The lowest BCUT2D eigenvalue weighted by molar-refractivity contribution is -0.0191. The highest BCUT2D eigenvalue weighted by molar-refractivity contribution is 5.94. The zero-order chi connectivity index (χ0) is 13.7. The maximum Gasteiger partial charge on any atom is 0.159 e. The molecule has 1 aliphatic heterocycles. The van der Waals surface area contributed by atoms with Gasteiger partial charge in [-0.15, -0.1) is 0 Å². The van der Waals surface area contributed by atoms with E-state index in [-0.39, 0.29) is 11.9 Å². The summed E-state index contributed by atoms with van der Waals surface area (Å²) in [5, 5.41) is 3.36. The average molecular weight is 262 g/mol. The molecule has 0 spiro atoms. The van der Waals surface area contributed by atoms with Gasteiger partial charge < -0.3 is 10.1 Å². The summed E-state index contributed by atoms with van der Waals surface area (Å²) < 4.78 is 5.74. The number of likely N-dealkylation sites (N-methyl/N-ethyl adjacent to an activating group) is 1. The number of hydrogen-bond acceptors (Lipinski definition) is 4. The highest BCUT2D eigenvalue weighted by Crippen LogP contribution is 2.11. The van der Waals surface area contributed by atoms with Crippen molar-refractivity contribution in [2.45, 2.75) is 20.0 Å². The van der Waals surface area contributed by atoms with Gasteiger partial charge in [-0.05, 0) is 37.7 Å². The van der Waals surface area contributed by atoms with Crippen molar-refractivity contribution in [1.29, 1.82) is 0 Å². The van der Waals surface area contributed by atoms with Crippen molar-refractivity contribution < 1.29 is 9.53 Å². The van der Waals surface area contributed by atoms with Crippen molar-refractivity contribution in [3.05, 3.63) is 29.8 Å². The second-order valence-corrected chi connectivity index (χ2v) is 4.90. The van der Waals surface area contributed by atoms with Crippen LogP contribution in [0, 0.1) is 0 Å². The van der Waals surface area contributed by atoms with Crippen molar-refractivity contribution in [2.24, 2.45) is 0 Å². The van der Waals surface area contributed by atoms with Crippen LogP contribution in [0.1, 0.15) is 24.2 Å². The summed E-state index contributed by atoms with van der Waals surface area (Å²) in [5.74, 6) is 0.0979. The van der Waals surface area contributed by atoms with Crippen LogP contribution in [0.25, 0.3) is 0 Å². The lowest BCUT2D eigenvalue weighted by Crippen LogP contribution is -2.45. The van der Waals surface area contributed by atoms with Gasteiger partial charge in [-0.1, -0.05) is 6.92 Å². The zero-order valence-corrected chi connectivity index (χ0v) is 11.7. The molecule has 0 saturated carbocycles. The molecule has 1 aromatic carbocycles. The summed E-state index contributed by atoms with van der Waals surface area (Å²) in [6, 6.07) is 7.59. The van der Waals surface area contributed by atoms with E-state index in [1.807, 2.05) is 24.3 Å². The van der Waals surface area contributed by atoms with Crippen molar-refractivity contribution >= 4 is 11.5 Å².